The van der Waals surface area contributed by atoms with Crippen LogP contribution in [0.25, 0.3) is 0 Å². The van der Waals surface area contributed by atoms with Crippen molar-refractivity contribution in [3.8, 4) is 0 Å². The van der Waals surface area contributed by atoms with Gasteiger partial charge in [0.1, 0.15) is 10.7 Å². The summed E-state index contributed by atoms with van der Waals surface area (Å²) in [7, 11) is -3.56. The van der Waals surface area contributed by atoms with Gasteiger partial charge in [-0.15, -0.1) is 0 Å². The first-order valence-electron chi connectivity index (χ1n) is 6.52. The SMILES string of the molecule is Nc1ncccc1S(=O)(=O)NCCN1CCCCC1. The van der Waals surface area contributed by atoms with Crippen molar-refractivity contribution in [1.29, 1.82) is 0 Å². The number of anilines is 1. The molecule has 1 fully saturated rings. The van der Waals surface area contributed by atoms with Crippen LogP contribution in [0.2, 0.25) is 0 Å². The molecule has 2 rings (SSSR count). The van der Waals surface area contributed by atoms with Crippen LogP contribution in [-0.2, 0) is 10.0 Å². The lowest BCUT2D eigenvalue weighted by atomic mass is 10.1. The second-order valence-corrected chi connectivity index (χ2v) is 6.42. The van der Waals surface area contributed by atoms with Crippen molar-refractivity contribution in [1.82, 2.24) is 14.6 Å². The van der Waals surface area contributed by atoms with Crippen LogP contribution >= 0.6 is 0 Å². The molecule has 1 aromatic heterocycles. The summed E-state index contributed by atoms with van der Waals surface area (Å²) >= 11 is 0. The van der Waals surface area contributed by atoms with Gasteiger partial charge in [0.15, 0.2) is 0 Å². The molecular weight excluding hydrogens is 264 g/mol. The molecule has 1 aliphatic heterocycles. The van der Waals surface area contributed by atoms with Gasteiger partial charge in [0.2, 0.25) is 10.0 Å². The van der Waals surface area contributed by atoms with Crippen LogP contribution in [0.1, 0.15) is 19.3 Å². The predicted octanol–water partition coefficient (Wildman–Crippen LogP) is 0.428. The smallest absolute Gasteiger partial charge is 0.244 e. The van der Waals surface area contributed by atoms with E-state index in [1.165, 1.54) is 31.5 Å². The lowest BCUT2D eigenvalue weighted by Gasteiger charge is -2.26. The molecule has 6 nitrogen and oxygen atoms in total. The summed E-state index contributed by atoms with van der Waals surface area (Å²) in [6.07, 6.45) is 5.14. The van der Waals surface area contributed by atoms with Gasteiger partial charge >= 0.3 is 0 Å². The summed E-state index contributed by atoms with van der Waals surface area (Å²) < 4.78 is 26.7. The van der Waals surface area contributed by atoms with Gasteiger partial charge in [-0.1, -0.05) is 6.42 Å². The minimum atomic E-state index is -3.56. The van der Waals surface area contributed by atoms with Gasteiger partial charge in [-0.3, -0.25) is 0 Å². The molecule has 0 spiro atoms. The number of piperidine rings is 1. The number of pyridine rings is 1. The Morgan fingerprint density at radius 1 is 1.32 bits per heavy atom. The van der Waals surface area contributed by atoms with E-state index in [-0.39, 0.29) is 10.7 Å². The number of aromatic nitrogens is 1. The molecule has 1 aromatic rings. The van der Waals surface area contributed by atoms with E-state index in [9.17, 15) is 8.42 Å². The molecule has 1 aliphatic rings. The maximum absolute atomic E-state index is 12.0. The fraction of sp³-hybridized carbons (Fsp3) is 0.583. The molecule has 0 radical (unpaired) electrons. The number of likely N-dealkylation sites (tertiary alicyclic amines) is 1. The Balaban J connectivity index is 1.89. The van der Waals surface area contributed by atoms with Crippen molar-refractivity contribution in [2.24, 2.45) is 0 Å². The zero-order chi connectivity index (χ0) is 13.7. The normalized spacial score (nSPS) is 17.5. The van der Waals surface area contributed by atoms with Crippen molar-refractivity contribution in [2.75, 3.05) is 31.9 Å². The summed E-state index contributed by atoms with van der Waals surface area (Å²) in [5.41, 5.74) is 5.58. The van der Waals surface area contributed by atoms with Crippen molar-refractivity contribution < 1.29 is 8.42 Å². The van der Waals surface area contributed by atoms with Gasteiger partial charge in [0.05, 0.1) is 0 Å². The summed E-state index contributed by atoms with van der Waals surface area (Å²) in [4.78, 5) is 6.12. The summed E-state index contributed by atoms with van der Waals surface area (Å²) in [6.45, 7) is 3.24. The van der Waals surface area contributed by atoms with E-state index in [1.54, 1.807) is 6.07 Å². The molecule has 0 bridgehead atoms. The maximum Gasteiger partial charge on any atom is 0.244 e. The Bertz CT molecular complexity index is 512. The van der Waals surface area contributed by atoms with Crippen LogP contribution in [0, 0.1) is 0 Å². The Kier molecular flexibility index (Phi) is 4.73. The zero-order valence-corrected chi connectivity index (χ0v) is 11.7. The third kappa shape index (κ3) is 3.89. The largest absolute Gasteiger partial charge is 0.383 e. The maximum atomic E-state index is 12.0. The van der Waals surface area contributed by atoms with E-state index in [1.807, 2.05) is 0 Å². The van der Waals surface area contributed by atoms with Crippen LogP contribution in [0.4, 0.5) is 5.82 Å². The highest BCUT2D eigenvalue weighted by molar-refractivity contribution is 7.89. The first-order valence-corrected chi connectivity index (χ1v) is 8.00. The Hall–Kier alpha value is -1.18. The number of hydrogen-bond donors (Lipinski definition) is 2. The molecule has 2 heterocycles. The molecule has 3 N–H and O–H groups in total. The van der Waals surface area contributed by atoms with Gasteiger partial charge in [0.25, 0.3) is 0 Å². The molecule has 0 amide bonds. The molecule has 0 unspecified atom stereocenters. The molecule has 19 heavy (non-hydrogen) atoms. The van der Waals surface area contributed by atoms with Crippen molar-refractivity contribution in [3.63, 3.8) is 0 Å². The van der Waals surface area contributed by atoms with Crippen LogP contribution in [-0.4, -0.2) is 44.5 Å². The number of nitrogens with zero attached hydrogens (tertiary/aromatic N) is 2. The van der Waals surface area contributed by atoms with Crippen molar-refractivity contribution in [2.45, 2.75) is 24.2 Å². The average Bonchev–Trinajstić information content (AvgIpc) is 2.40. The topological polar surface area (TPSA) is 88.3 Å². The van der Waals surface area contributed by atoms with Crippen LogP contribution < -0.4 is 10.5 Å². The number of nitrogen functional groups attached to an aromatic ring is 1. The van der Waals surface area contributed by atoms with Gasteiger partial charge in [-0.2, -0.15) is 0 Å². The summed E-state index contributed by atoms with van der Waals surface area (Å²) in [6, 6.07) is 3.03. The number of hydrogen-bond acceptors (Lipinski definition) is 5. The highest BCUT2D eigenvalue weighted by atomic mass is 32.2. The fourth-order valence-corrected chi connectivity index (χ4v) is 3.33. The Morgan fingerprint density at radius 3 is 2.74 bits per heavy atom. The standard InChI is InChI=1S/C12H20N4O2S/c13-12-11(5-4-6-14-12)19(17,18)15-7-10-16-8-2-1-3-9-16/h4-6,15H,1-3,7-10H2,(H2,13,14). The van der Waals surface area contributed by atoms with E-state index in [2.05, 4.69) is 14.6 Å². The summed E-state index contributed by atoms with van der Waals surface area (Å²) in [5, 5.41) is 0. The fourth-order valence-electron chi connectivity index (χ4n) is 2.23. The second kappa shape index (κ2) is 6.31. The van der Waals surface area contributed by atoms with E-state index in [0.717, 1.165) is 19.6 Å². The lowest BCUT2D eigenvalue weighted by Crippen LogP contribution is -2.37. The highest BCUT2D eigenvalue weighted by Gasteiger charge is 2.18. The van der Waals surface area contributed by atoms with E-state index in [4.69, 9.17) is 5.73 Å². The lowest BCUT2D eigenvalue weighted by molar-refractivity contribution is 0.233. The van der Waals surface area contributed by atoms with Gasteiger partial charge in [0, 0.05) is 19.3 Å². The number of rotatable bonds is 5. The monoisotopic (exact) mass is 284 g/mol. The third-order valence-corrected chi connectivity index (χ3v) is 4.77. The first-order chi connectivity index (χ1) is 9.09. The minimum Gasteiger partial charge on any atom is -0.383 e. The molecule has 1 saturated heterocycles. The van der Waals surface area contributed by atoms with Gasteiger partial charge in [-0.05, 0) is 38.1 Å². The Morgan fingerprint density at radius 2 is 2.05 bits per heavy atom. The molecule has 7 heteroatoms. The minimum absolute atomic E-state index is 0.0352. The first kappa shape index (κ1) is 14.2. The van der Waals surface area contributed by atoms with E-state index >= 15 is 0 Å². The predicted molar refractivity (Wildman–Crippen MR) is 74.1 cm³/mol. The van der Waals surface area contributed by atoms with Crippen LogP contribution in [0.15, 0.2) is 23.2 Å². The molecule has 0 aromatic carbocycles. The zero-order valence-electron chi connectivity index (χ0n) is 10.9. The van der Waals surface area contributed by atoms with Gasteiger partial charge in [-0.25, -0.2) is 18.1 Å². The van der Waals surface area contributed by atoms with E-state index in [0.29, 0.717) is 6.54 Å². The second-order valence-electron chi connectivity index (χ2n) is 4.69. The summed E-state index contributed by atoms with van der Waals surface area (Å²) in [5.74, 6) is 0.0352. The number of nitrogens with one attached hydrogen (secondary N) is 1. The molecule has 0 aliphatic carbocycles. The van der Waals surface area contributed by atoms with Crippen LogP contribution in [0.3, 0.4) is 0 Å². The molecule has 0 saturated carbocycles. The molecular formula is C12H20N4O2S. The van der Waals surface area contributed by atoms with Crippen LogP contribution in [0.5, 0.6) is 0 Å². The highest BCUT2D eigenvalue weighted by Crippen LogP contribution is 2.14. The average molecular weight is 284 g/mol. The number of sulfonamides is 1. The number of nitrogens with two attached hydrogens (primary N) is 1. The molecule has 0 atom stereocenters. The van der Waals surface area contributed by atoms with Crippen molar-refractivity contribution >= 4 is 15.8 Å². The third-order valence-electron chi connectivity index (χ3n) is 3.26. The quantitative estimate of drug-likeness (QED) is 0.818. The van der Waals surface area contributed by atoms with Crippen molar-refractivity contribution in [3.05, 3.63) is 18.3 Å². The van der Waals surface area contributed by atoms with E-state index < -0.39 is 10.0 Å². The molecule has 106 valence electrons. The Labute approximate surface area is 114 Å². The van der Waals surface area contributed by atoms with Gasteiger partial charge < -0.3 is 10.6 Å².